The first-order chi connectivity index (χ1) is 30.0. The molecule has 0 radical (unpaired) electrons. The molecule has 0 aliphatic carbocycles. The lowest BCUT2D eigenvalue weighted by Gasteiger charge is -2.30. The van der Waals surface area contributed by atoms with Crippen molar-refractivity contribution in [2.75, 3.05) is 40.9 Å². The third kappa shape index (κ3) is 44.9. The molecule has 0 bridgehead atoms. The van der Waals surface area contributed by atoms with Crippen LogP contribution in [-0.4, -0.2) is 68.5 Å². The van der Waals surface area contributed by atoms with Crippen molar-refractivity contribution in [3.63, 3.8) is 0 Å². The maximum atomic E-state index is 12.8. The molecule has 0 aliphatic rings. The second kappa shape index (κ2) is 43.2. The largest absolute Gasteiger partial charge is 0.756 e. The predicted octanol–water partition coefficient (Wildman–Crippen LogP) is 13.2. The van der Waals surface area contributed by atoms with Gasteiger partial charge < -0.3 is 28.8 Å². The molecule has 0 heterocycles. The summed E-state index contributed by atoms with van der Waals surface area (Å²) in [5, 5.41) is 13.7. The number of carbonyl (C=O) groups excluding carboxylic acids is 1. The molecule has 0 aromatic rings. The van der Waals surface area contributed by atoms with Crippen molar-refractivity contribution in [3.8, 4) is 0 Å². The van der Waals surface area contributed by atoms with Crippen LogP contribution in [0.15, 0.2) is 122 Å². The number of rotatable bonds is 41. The minimum atomic E-state index is -4.56. The SMILES string of the molecule is CC/C=C\C/C=C\C/C=C\C/C=C\C/C=C\C/C=C\C/C=C\C/C=C\C/C=C\C/C=C\CCCCCCC(=O)NC(COP(=O)([O-])OCC[N+](C)(C)C)C(O)CCCCCCC. The maximum Gasteiger partial charge on any atom is 0.268 e. The molecule has 0 aliphatic heterocycles. The number of quaternary nitrogens is 1. The van der Waals surface area contributed by atoms with Crippen LogP contribution < -0.4 is 10.2 Å². The number of allylic oxidation sites excluding steroid dienone is 20. The third-order valence-electron chi connectivity index (χ3n) is 9.71. The Labute approximate surface area is 380 Å². The zero-order valence-electron chi connectivity index (χ0n) is 39.8. The summed E-state index contributed by atoms with van der Waals surface area (Å²) in [6.45, 7) is 4.45. The molecule has 2 N–H and O–H groups in total. The van der Waals surface area contributed by atoms with Gasteiger partial charge in [-0.05, 0) is 89.9 Å². The molecule has 9 heteroatoms. The number of phosphoric acid groups is 1. The van der Waals surface area contributed by atoms with Gasteiger partial charge in [-0.1, -0.05) is 180 Å². The number of carbonyl (C=O) groups is 1. The fourth-order valence-corrected chi connectivity index (χ4v) is 6.67. The first kappa shape index (κ1) is 58.9. The molecule has 0 fully saturated rings. The van der Waals surface area contributed by atoms with E-state index < -0.39 is 20.0 Å². The number of nitrogens with zero attached hydrogens (tertiary/aromatic N) is 1. The van der Waals surface area contributed by atoms with Crippen molar-refractivity contribution in [1.82, 2.24) is 5.32 Å². The Morgan fingerprint density at radius 3 is 1.42 bits per heavy atom. The lowest BCUT2D eigenvalue weighted by atomic mass is 10.0. The summed E-state index contributed by atoms with van der Waals surface area (Å²) in [5.41, 5.74) is 0. The van der Waals surface area contributed by atoms with Gasteiger partial charge in [0, 0.05) is 6.42 Å². The molecule has 3 unspecified atom stereocenters. The Balaban J connectivity index is 4.08. The first-order valence-electron chi connectivity index (χ1n) is 23.9. The zero-order chi connectivity index (χ0) is 45.7. The molecule has 0 aromatic carbocycles. The zero-order valence-corrected chi connectivity index (χ0v) is 40.7. The van der Waals surface area contributed by atoms with E-state index in [9.17, 15) is 19.4 Å². The topological polar surface area (TPSA) is 108 Å². The fourth-order valence-electron chi connectivity index (χ4n) is 5.95. The van der Waals surface area contributed by atoms with Crippen LogP contribution in [0.5, 0.6) is 0 Å². The van der Waals surface area contributed by atoms with E-state index in [1.54, 1.807) is 0 Å². The molecular formula is C53H89N2O6P. The van der Waals surface area contributed by atoms with Gasteiger partial charge in [0.25, 0.3) is 7.82 Å². The lowest BCUT2D eigenvalue weighted by molar-refractivity contribution is -0.870. The number of amides is 1. The average molecular weight is 881 g/mol. The summed E-state index contributed by atoms with van der Waals surface area (Å²) < 4.78 is 23.0. The summed E-state index contributed by atoms with van der Waals surface area (Å²) in [7, 11) is 1.26. The number of nitrogens with one attached hydrogen (secondary N) is 1. The molecule has 1 amide bonds. The van der Waals surface area contributed by atoms with Gasteiger partial charge in [-0.25, -0.2) is 0 Å². The van der Waals surface area contributed by atoms with Crippen LogP contribution >= 0.6 is 7.82 Å². The van der Waals surface area contributed by atoms with E-state index >= 15 is 0 Å². The Morgan fingerprint density at radius 1 is 0.581 bits per heavy atom. The number of phosphoric ester groups is 1. The Bertz CT molecular complexity index is 1410. The summed E-state index contributed by atoms with van der Waals surface area (Å²) in [4.78, 5) is 25.1. The van der Waals surface area contributed by atoms with Crippen LogP contribution in [0, 0.1) is 0 Å². The summed E-state index contributed by atoms with van der Waals surface area (Å²) in [6, 6.07) is -0.819. The number of aliphatic hydroxyl groups is 1. The average Bonchev–Trinajstić information content (AvgIpc) is 3.23. The molecule has 3 atom stereocenters. The van der Waals surface area contributed by atoms with Crippen LogP contribution in [-0.2, 0) is 18.4 Å². The van der Waals surface area contributed by atoms with Gasteiger partial charge in [-0.2, -0.15) is 0 Å². The standard InChI is InChI=1S/C53H89N2O6P/c1-6-8-10-12-13-14-15-16-17-18-19-20-21-22-23-24-25-26-27-28-29-30-31-32-33-34-35-36-37-38-39-40-41-43-45-47-53(57)54-51(52(56)46-44-42-11-9-7-2)50-61-62(58,59)60-49-48-55(3,4)5/h8,10,13-14,16-17,19-20,22-23,25-26,28-29,31-32,34-35,37-38,51-52,56H,6-7,9,11-12,15,18,21,24,27,30,33,36,39-50H2,1-5H3,(H-,54,57,58,59)/b10-8-,14-13-,17-16-,20-19-,23-22-,26-25-,29-28-,32-31-,35-34-,38-37-. The van der Waals surface area contributed by atoms with Gasteiger partial charge in [0.2, 0.25) is 5.91 Å². The molecular weight excluding hydrogens is 792 g/mol. The monoisotopic (exact) mass is 881 g/mol. The van der Waals surface area contributed by atoms with Crippen LogP contribution in [0.3, 0.4) is 0 Å². The van der Waals surface area contributed by atoms with Crippen LogP contribution in [0.1, 0.15) is 155 Å². The lowest BCUT2D eigenvalue weighted by Crippen LogP contribution is -2.46. The Hall–Kier alpha value is -3.10. The van der Waals surface area contributed by atoms with E-state index in [0.717, 1.165) is 128 Å². The second-order valence-corrected chi connectivity index (χ2v) is 18.1. The van der Waals surface area contributed by atoms with Crippen molar-refractivity contribution in [1.29, 1.82) is 0 Å². The van der Waals surface area contributed by atoms with Crippen LogP contribution in [0.2, 0.25) is 0 Å². The highest BCUT2D eigenvalue weighted by atomic mass is 31.2. The minimum Gasteiger partial charge on any atom is -0.756 e. The van der Waals surface area contributed by atoms with Crippen molar-refractivity contribution in [2.24, 2.45) is 0 Å². The smallest absolute Gasteiger partial charge is 0.268 e. The number of hydrogen-bond acceptors (Lipinski definition) is 6. The molecule has 62 heavy (non-hydrogen) atoms. The van der Waals surface area contributed by atoms with E-state index in [4.69, 9.17) is 9.05 Å². The number of hydrogen-bond donors (Lipinski definition) is 2. The van der Waals surface area contributed by atoms with Gasteiger partial charge >= 0.3 is 0 Å². The van der Waals surface area contributed by atoms with Crippen molar-refractivity contribution >= 4 is 13.7 Å². The highest BCUT2D eigenvalue weighted by Gasteiger charge is 2.24. The molecule has 0 saturated heterocycles. The van der Waals surface area contributed by atoms with Gasteiger partial charge in [-0.15, -0.1) is 0 Å². The van der Waals surface area contributed by atoms with E-state index in [2.05, 4.69) is 141 Å². The predicted molar refractivity (Wildman–Crippen MR) is 265 cm³/mol. The van der Waals surface area contributed by atoms with Crippen LogP contribution in [0.25, 0.3) is 0 Å². The summed E-state index contributed by atoms with van der Waals surface area (Å²) >= 11 is 0. The molecule has 0 aromatic heterocycles. The number of likely N-dealkylation sites (N-methyl/N-ethyl adjacent to an activating group) is 1. The fraction of sp³-hybridized carbons (Fsp3) is 0.604. The van der Waals surface area contributed by atoms with Crippen molar-refractivity contribution in [2.45, 2.75) is 167 Å². The molecule has 352 valence electrons. The highest BCUT2D eigenvalue weighted by Crippen LogP contribution is 2.38. The van der Waals surface area contributed by atoms with E-state index in [0.29, 0.717) is 23.9 Å². The Kier molecular flexibility index (Phi) is 41.0. The van der Waals surface area contributed by atoms with Crippen molar-refractivity contribution in [3.05, 3.63) is 122 Å². The third-order valence-corrected chi connectivity index (χ3v) is 10.7. The highest BCUT2D eigenvalue weighted by molar-refractivity contribution is 7.45. The first-order valence-corrected chi connectivity index (χ1v) is 25.3. The summed E-state index contributed by atoms with van der Waals surface area (Å²) in [5.74, 6) is -0.204. The maximum absolute atomic E-state index is 12.8. The van der Waals surface area contributed by atoms with E-state index in [1.165, 1.54) is 0 Å². The van der Waals surface area contributed by atoms with Gasteiger partial charge in [0.05, 0.1) is 39.9 Å². The minimum absolute atomic E-state index is 0.00126. The second-order valence-electron chi connectivity index (χ2n) is 16.7. The summed E-state index contributed by atoms with van der Waals surface area (Å²) in [6.07, 6.45) is 64.1. The molecule has 0 saturated carbocycles. The van der Waals surface area contributed by atoms with Gasteiger partial charge in [0.1, 0.15) is 13.2 Å². The van der Waals surface area contributed by atoms with Crippen LogP contribution in [0.4, 0.5) is 0 Å². The quantitative estimate of drug-likeness (QED) is 0.0274. The Morgan fingerprint density at radius 2 is 0.984 bits per heavy atom. The number of aliphatic hydroxyl groups excluding tert-OH is 1. The number of unbranched alkanes of at least 4 members (excludes halogenated alkanes) is 8. The normalized spacial score (nSPS) is 15.3. The van der Waals surface area contributed by atoms with E-state index in [-0.39, 0.29) is 19.1 Å². The molecule has 0 spiro atoms. The van der Waals surface area contributed by atoms with E-state index in [1.807, 2.05) is 21.1 Å². The molecule has 0 rings (SSSR count). The van der Waals surface area contributed by atoms with Gasteiger partial charge in [-0.3, -0.25) is 9.36 Å². The van der Waals surface area contributed by atoms with Gasteiger partial charge in [0.15, 0.2) is 0 Å². The molecule has 8 nitrogen and oxygen atoms in total. The van der Waals surface area contributed by atoms with Crippen molar-refractivity contribution < 1.29 is 32.9 Å².